The molecule has 0 saturated carbocycles. The van der Waals surface area contributed by atoms with Gasteiger partial charge in [0.25, 0.3) is 11.5 Å². The van der Waals surface area contributed by atoms with Gasteiger partial charge in [0.2, 0.25) is 0 Å². The second kappa shape index (κ2) is 5.26. The molecular weight excluding hydrogens is 248 g/mol. The van der Waals surface area contributed by atoms with Crippen LogP contribution in [0.5, 0.6) is 0 Å². The van der Waals surface area contributed by atoms with Crippen molar-refractivity contribution in [2.75, 3.05) is 20.2 Å². The van der Waals surface area contributed by atoms with E-state index in [0.29, 0.717) is 25.2 Å². The maximum Gasteiger partial charge on any atom is 0.310 e. The Labute approximate surface area is 110 Å². The number of aryl methyl sites for hydroxylation is 1. The number of pyridine rings is 1. The van der Waals surface area contributed by atoms with Crippen LogP contribution < -0.4 is 5.56 Å². The summed E-state index contributed by atoms with van der Waals surface area (Å²) in [6.07, 6.45) is 0.572. The molecule has 1 aromatic heterocycles. The Hall–Kier alpha value is -2.11. The van der Waals surface area contributed by atoms with E-state index in [1.165, 1.54) is 18.1 Å². The Bertz CT molecular complexity index is 564. The Morgan fingerprint density at radius 1 is 1.42 bits per heavy atom. The number of esters is 1. The van der Waals surface area contributed by atoms with Crippen molar-refractivity contribution >= 4 is 11.9 Å². The molecule has 0 aromatic carbocycles. The van der Waals surface area contributed by atoms with Crippen molar-refractivity contribution in [1.29, 1.82) is 0 Å². The molecule has 1 aliphatic heterocycles. The molecule has 2 rings (SSSR count). The SMILES string of the molecule is COC(=O)C1CCN(C(=O)c2ccc(C)[nH]c2=O)C1. The van der Waals surface area contributed by atoms with Crippen LogP contribution in [0.25, 0.3) is 0 Å². The van der Waals surface area contributed by atoms with Gasteiger partial charge in [-0.05, 0) is 25.5 Å². The standard InChI is InChI=1S/C13H16N2O4/c1-8-3-4-10(11(16)14-8)12(17)15-6-5-9(7-15)13(18)19-2/h3-4,9H,5-7H2,1-2H3,(H,14,16). The highest BCUT2D eigenvalue weighted by Gasteiger charge is 2.32. The average Bonchev–Trinajstić information content (AvgIpc) is 2.86. The van der Waals surface area contributed by atoms with E-state index >= 15 is 0 Å². The molecule has 1 fully saturated rings. The summed E-state index contributed by atoms with van der Waals surface area (Å²) >= 11 is 0. The molecule has 0 aliphatic carbocycles. The number of amides is 1. The predicted molar refractivity (Wildman–Crippen MR) is 67.8 cm³/mol. The number of carbonyl (C=O) groups excluding carboxylic acids is 2. The highest BCUT2D eigenvalue weighted by Crippen LogP contribution is 2.18. The Kier molecular flexibility index (Phi) is 3.69. The van der Waals surface area contributed by atoms with Crippen molar-refractivity contribution in [3.63, 3.8) is 0 Å². The normalized spacial score (nSPS) is 18.4. The molecule has 1 atom stereocenters. The summed E-state index contributed by atoms with van der Waals surface area (Å²) in [5.41, 5.74) is 0.415. The van der Waals surface area contributed by atoms with Gasteiger partial charge in [-0.1, -0.05) is 0 Å². The fourth-order valence-electron chi connectivity index (χ4n) is 2.21. The number of carbonyl (C=O) groups is 2. The molecule has 1 amide bonds. The summed E-state index contributed by atoms with van der Waals surface area (Å²) < 4.78 is 4.66. The van der Waals surface area contributed by atoms with Crippen molar-refractivity contribution in [3.8, 4) is 0 Å². The number of H-pyrrole nitrogens is 1. The predicted octanol–water partition coefficient (Wildman–Crippen LogP) is 0.318. The minimum atomic E-state index is -0.397. The molecule has 1 saturated heterocycles. The molecular formula is C13H16N2O4. The molecule has 0 radical (unpaired) electrons. The molecule has 19 heavy (non-hydrogen) atoms. The Balaban J connectivity index is 2.13. The summed E-state index contributed by atoms with van der Waals surface area (Å²) in [7, 11) is 1.33. The highest BCUT2D eigenvalue weighted by molar-refractivity contribution is 5.94. The first-order chi connectivity index (χ1) is 9.02. The van der Waals surface area contributed by atoms with Crippen molar-refractivity contribution in [2.45, 2.75) is 13.3 Å². The minimum absolute atomic E-state index is 0.108. The van der Waals surface area contributed by atoms with Crippen LogP contribution in [-0.2, 0) is 9.53 Å². The van der Waals surface area contributed by atoms with Crippen LogP contribution in [0.2, 0.25) is 0 Å². The van der Waals surface area contributed by atoms with Crippen LogP contribution in [0.1, 0.15) is 22.5 Å². The summed E-state index contributed by atoms with van der Waals surface area (Å²) in [5, 5.41) is 0. The largest absolute Gasteiger partial charge is 0.469 e. The van der Waals surface area contributed by atoms with Crippen LogP contribution in [0.3, 0.4) is 0 Å². The smallest absolute Gasteiger partial charge is 0.310 e. The molecule has 6 nitrogen and oxygen atoms in total. The van der Waals surface area contributed by atoms with E-state index in [9.17, 15) is 14.4 Å². The topological polar surface area (TPSA) is 79.5 Å². The lowest BCUT2D eigenvalue weighted by atomic mass is 10.1. The highest BCUT2D eigenvalue weighted by atomic mass is 16.5. The number of ether oxygens (including phenoxy) is 1. The maximum absolute atomic E-state index is 12.2. The zero-order valence-electron chi connectivity index (χ0n) is 10.9. The fraction of sp³-hybridized carbons (Fsp3) is 0.462. The number of aromatic nitrogens is 1. The minimum Gasteiger partial charge on any atom is -0.469 e. The third-order valence-corrected chi connectivity index (χ3v) is 3.30. The molecule has 6 heteroatoms. The van der Waals surface area contributed by atoms with Crippen molar-refractivity contribution < 1.29 is 14.3 Å². The number of nitrogens with zero attached hydrogens (tertiary/aromatic N) is 1. The third kappa shape index (κ3) is 2.67. The number of hydrogen-bond acceptors (Lipinski definition) is 4. The molecule has 1 unspecified atom stereocenters. The number of rotatable bonds is 2. The van der Waals surface area contributed by atoms with Crippen molar-refractivity contribution in [1.82, 2.24) is 9.88 Å². The van der Waals surface area contributed by atoms with Gasteiger partial charge in [0, 0.05) is 18.8 Å². The zero-order valence-corrected chi connectivity index (χ0v) is 10.9. The lowest BCUT2D eigenvalue weighted by Crippen LogP contribution is -2.34. The van der Waals surface area contributed by atoms with Crippen molar-refractivity contribution in [2.24, 2.45) is 5.92 Å². The van der Waals surface area contributed by atoms with Gasteiger partial charge in [-0.25, -0.2) is 0 Å². The lowest BCUT2D eigenvalue weighted by molar-refractivity contribution is -0.144. The lowest BCUT2D eigenvalue weighted by Gasteiger charge is -2.15. The average molecular weight is 264 g/mol. The van der Waals surface area contributed by atoms with Crippen LogP contribution in [0.15, 0.2) is 16.9 Å². The van der Waals surface area contributed by atoms with Crippen LogP contribution in [0.4, 0.5) is 0 Å². The van der Waals surface area contributed by atoms with Gasteiger partial charge < -0.3 is 14.6 Å². The number of likely N-dealkylation sites (tertiary alicyclic amines) is 1. The van der Waals surface area contributed by atoms with Gasteiger partial charge in [-0.2, -0.15) is 0 Å². The summed E-state index contributed by atoms with van der Waals surface area (Å²) in [6.45, 7) is 2.52. The van der Waals surface area contributed by atoms with Gasteiger partial charge in [0.05, 0.1) is 13.0 Å². The summed E-state index contributed by atoms with van der Waals surface area (Å²) in [4.78, 5) is 39.4. The molecule has 1 N–H and O–H groups in total. The van der Waals surface area contributed by atoms with E-state index in [0.717, 1.165) is 0 Å². The quantitative estimate of drug-likeness (QED) is 0.780. The number of hydrogen-bond donors (Lipinski definition) is 1. The van der Waals surface area contributed by atoms with E-state index < -0.39 is 5.56 Å². The van der Waals surface area contributed by atoms with E-state index in [-0.39, 0.29) is 23.4 Å². The number of nitrogens with one attached hydrogen (secondary N) is 1. The van der Waals surface area contributed by atoms with Gasteiger partial charge in [-0.3, -0.25) is 14.4 Å². The summed E-state index contributed by atoms with van der Waals surface area (Å²) in [6, 6.07) is 3.20. The summed E-state index contributed by atoms with van der Waals surface area (Å²) in [5.74, 6) is -0.945. The Morgan fingerprint density at radius 3 is 2.79 bits per heavy atom. The number of methoxy groups -OCH3 is 1. The van der Waals surface area contributed by atoms with Gasteiger partial charge in [0.1, 0.15) is 5.56 Å². The monoisotopic (exact) mass is 264 g/mol. The Morgan fingerprint density at radius 2 is 2.16 bits per heavy atom. The van der Waals surface area contributed by atoms with Gasteiger partial charge in [0.15, 0.2) is 0 Å². The molecule has 102 valence electrons. The maximum atomic E-state index is 12.2. The van der Waals surface area contributed by atoms with Crippen molar-refractivity contribution in [3.05, 3.63) is 33.7 Å². The number of aromatic amines is 1. The van der Waals surface area contributed by atoms with Gasteiger partial charge in [-0.15, -0.1) is 0 Å². The van der Waals surface area contributed by atoms with E-state index in [2.05, 4.69) is 9.72 Å². The molecule has 0 spiro atoms. The second-order valence-electron chi connectivity index (χ2n) is 4.64. The van der Waals surface area contributed by atoms with E-state index in [4.69, 9.17) is 0 Å². The van der Waals surface area contributed by atoms with E-state index in [1.54, 1.807) is 13.0 Å². The molecule has 1 aliphatic rings. The first-order valence-electron chi connectivity index (χ1n) is 6.10. The van der Waals surface area contributed by atoms with Gasteiger partial charge >= 0.3 is 5.97 Å². The van der Waals surface area contributed by atoms with Crippen LogP contribution in [-0.4, -0.2) is 42.0 Å². The molecule has 0 bridgehead atoms. The fourth-order valence-corrected chi connectivity index (χ4v) is 2.21. The molecule has 1 aromatic rings. The zero-order chi connectivity index (χ0) is 14.0. The third-order valence-electron chi connectivity index (χ3n) is 3.30. The first kappa shape index (κ1) is 13.3. The second-order valence-corrected chi connectivity index (χ2v) is 4.64. The van der Waals surface area contributed by atoms with E-state index in [1.807, 2.05) is 0 Å². The van der Waals surface area contributed by atoms with Crippen LogP contribution in [0, 0.1) is 12.8 Å². The molecule has 2 heterocycles. The first-order valence-corrected chi connectivity index (χ1v) is 6.10. The van der Waals surface area contributed by atoms with Crippen LogP contribution >= 0.6 is 0 Å².